The number of hydrogen-bond donors (Lipinski definition) is 1. The van der Waals surface area contributed by atoms with Crippen molar-refractivity contribution in [2.24, 2.45) is 0 Å². The summed E-state index contributed by atoms with van der Waals surface area (Å²) in [7, 11) is 0. The van der Waals surface area contributed by atoms with E-state index >= 15 is 0 Å². The van der Waals surface area contributed by atoms with Crippen LogP contribution in [-0.4, -0.2) is 4.98 Å². The first-order valence-electron chi connectivity index (χ1n) is 3.14. The van der Waals surface area contributed by atoms with Crippen LogP contribution in [0.4, 0.5) is 5.82 Å². The Bertz CT molecular complexity index is 235. The minimum absolute atomic E-state index is 0.553. The topological polar surface area (TPSA) is 38.9 Å². The molecule has 1 aromatic heterocycles. The van der Waals surface area contributed by atoms with Gasteiger partial charge in [-0.2, -0.15) is 0 Å². The SMILES string of the molecule is CCc1cnc(N)c(Br)c1. The van der Waals surface area contributed by atoms with Crippen molar-refractivity contribution in [1.82, 2.24) is 4.98 Å². The van der Waals surface area contributed by atoms with Crippen LogP contribution in [-0.2, 0) is 6.42 Å². The van der Waals surface area contributed by atoms with Crippen LogP contribution >= 0.6 is 15.9 Å². The van der Waals surface area contributed by atoms with Gasteiger partial charge in [-0.25, -0.2) is 4.98 Å². The van der Waals surface area contributed by atoms with Crippen molar-refractivity contribution in [2.45, 2.75) is 13.3 Å². The molecule has 0 spiro atoms. The molecule has 0 saturated carbocycles. The molecule has 3 heteroatoms. The van der Waals surface area contributed by atoms with Gasteiger partial charge in [-0.05, 0) is 34.0 Å². The molecule has 54 valence electrons. The van der Waals surface area contributed by atoms with Crippen molar-refractivity contribution in [1.29, 1.82) is 0 Å². The van der Waals surface area contributed by atoms with Crippen LogP contribution < -0.4 is 5.73 Å². The molecular formula is C7H9BrN2. The molecule has 0 saturated heterocycles. The summed E-state index contributed by atoms with van der Waals surface area (Å²) in [5.41, 5.74) is 6.68. The lowest BCUT2D eigenvalue weighted by atomic mass is 10.2. The molecule has 0 bridgehead atoms. The largest absolute Gasteiger partial charge is 0.383 e. The summed E-state index contributed by atoms with van der Waals surface area (Å²) >= 11 is 3.30. The van der Waals surface area contributed by atoms with Crippen LogP contribution in [0.1, 0.15) is 12.5 Å². The average Bonchev–Trinajstić information content (AvgIpc) is 1.95. The van der Waals surface area contributed by atoms with Crippen molar-refractivity contribution in [3.05, 3.63) is 22.3 Å². The summed E-state index contributed by atoms with van der Waals surface area (Å²) in [4.78, 5) is 3.98. The number of nitrogens with zero attached hydrogens (tertiary/aromatic N) is 1. The van der Waals surface area contributed by atoms with E-state index in [1.807, 2.05) is 6.07 Å². The van der Waals surface area contributed by atoms with Gasteiger partial charge in [0.25, 0.3) is 0 Å². The second-order valence-corrected chi connectivity index (χ2v) is 2.92. The van der Waals surface area contributed by atoms with Gasteiger partial charge in [0, 0.05) is 6.20 Å². The number of halogens is 1. The Balaban J connectivity index is 3.04. The Labute approximate surface area is 68.6 Å². The van der Waals surface area contributed by atoms with Crippen molar-refractivity contribution < 1.29 is 0 Å². The molecule has 0 aromatic carbocycles. The van der Waals surface area contributed by atoms with Crippen LogP contribution in [0.3, 0.4) is 0 Å². The van der Waals surface area contributed by atoms with Gasteiger partial charge in [0.05, 0.1) is 4.47 Å². The number of aromatic nitrogens is 1. The van der Waals surface area contributed by atoms with Crippen LogP contribution in [0, 0.1) is 0 Å². The van der Waals surface area contributed by atoms with E-state index in [1.54, 1.807) is 6.20 Å². The predicted molar refractivity (Wildman–Crippen MR) is 45.7 cm³/mol. The highest BCUT2D eigenvalue weighted by atomic mass is 79.9. The molecule has 1 aromatic rings. The van der Waals surface area contributed by atoms with Crippen LogP contribution in [0.2, 0.25) is 0 Å². The highest BCUT2D eigenvalue weighted by molar-refractivity contribution is 9.10. The summed E-state index contributed by atoms with van der Waals surface area (Å²) in [6.07, 6.45) is 2.78. The lowest BCUT2D eigenvalue weighted by Crippen LogP contribution is -1.92. The molecule has 0 aliphatic heterocycles. The van der Waals surface area contributed by atoms with E-state index < -0.39 is 0 Å². The number of nitrogens with two attached hydrogens (primary N) is 1. The van der Waals surface area contributed by atoms with E-state index in [1.165, 1.54) is 5.56 Å². The zero-order valence-electron chi connectivity index (χ0n) is 5.76. The van der Waals surface area contributed by atoms with Gasteiger partial charge < -0.3 is 5.73 Å². The monoisotopic (exact) mass is 200 g/mol. The fraction of sp³-hybridized carbons (Fsp3) is 0.286. The van der Waals surface area contributed by atoms with Crippen LogP contribution in [0.15, 0.2) is 16.7 Å². The van der Waals surface area contributed by atoms with E-state index in [-0.39, 0.29) is 0 Å². The van der Waals surface area contributed by atoms with Gasteiger partial charge in [-0.1, -0.05) is 6.92 Å². The molecule has 0 unspecified atom stereocenters. The van der Waals surface area contributed by atoms with Gasteiger partial charge >= 0.3 is 0 Å². The fourth-order valence-corrected chi connectivity index (χ4v) is 1.08. The highest BCUT2D eigenvalue weighted by Gasteiger charge is 1.95. The smallest absolute Gasteiger partial charge is 0.137 e. The first-order valence-corrected chi connectivity index (χ1v) is 3.93. The lowest BCUT2D eigenvalue weighted by Gasteiger charge is -1.98. The Morgan fingerprint density at radius 3 is 2.90 bits per heavy atom. The summed E-state index contributed by atoms with van der Waals surface area (Å²) in [5, 5.41) is 0. The first kappa shape index (κ1) is 7.54. The van der Waals surface area contributed by atoms with Gasteiger partial charge in [-0.15, -0.1) is 0 Å². The van der Waals surface area contributed by atoms with Gasteiger partial charge in [0.1, 0.15) is 5.82 Å². The third-order valence-corrected chi connectivity index (χ3v) is 1.97. The second kappa shape index (κ2) is 3.01. The quantitative estimate of drug-likeness (QED) is 0.754. The van der Waals surface area contributed by atoms with Crippen LogP contribution in [0.5, 0.6) is 0 Å². The summed E-state index contributed by atoms with van der Waals surface area (Å²) < 4.78 is 0.881. The zero-order chi connectivity index (χ0) is 7.56. The molecule has 1 heterocycles. The molecule has 1 rings (SSSR count). The Kier molecular flexibility index (Phi) is 2.27. The summed E-state index contributed by atoms with van der Waals surface area (Å²) in [6.45, 7) is 2.08. The highest BCUT2D eigenvalue weighted by Crippen LogP contribution is 2.17. The molecule has 0 amide bonds. The van der Waals surface area contributed by atoms with E-state index in [2.05, 4.69) is 27.8 Å². The number of aryl methyl sites for hydroxylation is 1. The molecule has 10 heavy (non-hydrogen) atoms. The zero-order valence-corrected chi connectivity index (χ0v) is 7.35. The van der Waals surface area contributed by atoms with Gasteiger partial charge in [0.15, 0.2) is 0 Å². The maximum Gasteiger partial charge on any atom is 0.137 e. The van der Waals surface area contributed by atoms with E-state index in [9.17, 15) is 0 Å². The van der Waals surface area contributed by atoms with Crippen molar-refractivity contribution in [3.63, 3.8) is 0 Å². The van der Waals surface area contributed by atoms with E-state index in [0.29, 0.717) is 5.82 Å². The maximum absolute atomic E-state index is 5.49. The molecule has 0 atom stereocenters. The minimum Gasteiger partial charge on any atom is -0.383 e. The number of nitrogen functional groups attached to an aromatic ring is 1. The Morgan fingerprint density at radius 1 is 1.70 bits per heavy atom. The Morgan fingerprint density at radius 2 is 2.40 bits per heavy atom. The lowest BCUT2D eigenvalue weighted by molar-refractivity contribution is 1.10. The average molecular weight is 201 g/mol. The number of anilines is 1. The van der Waals surface area contributed by atoms with Gasteiger partial charge in [-0.3, -0.25) is 0 Å². The standard InChI is InChI=1S/C7H9BrN2/c1-2-5-3-6(8)7(9)10-4-5/h3-4H,2H2,1H3,(H2,9,10). The molecule has 2 nitrogen and oxygen atoms in total. The number of rotatable bonds is 1. The maximum atomic E-state index is 5.49. The molecule has 0 aliphatic carbocycles. The van der Waals surface area contributed by atoms with Crippen molar-refractivity contribution in [3.8, 4) is 0 Å². The van der Waals surface area contributed by atoms with Gasteiger partial charge in [0.2, 0.25) is 0 Å². The predicted octanol–water partition coefficient (Wildman–Crippen LogP) is 1.99. The molecule has 0 radical (unpaired) electrons. The fourth-order valence-electron chi connectivity index (χ4n) is 0.681. The second-order valence-electron chi connectivity index (χ2n) is 2.06. The summed E-state index contributed by atoms with van der Waals surface area (Å²) in [6, 6.07) is 1.99. The Hall–Kier alpha value is -0.570. The third-order valence-electron chi connectivity index (χ3n) is 1.33. The molecular weight excluding hydrogens is 192 g/mol. The van der Waals surface area contributed by atoms with Crippen LogP contribution in [0.25, 0.3) is 0 Å². The van der Waals surface area contributed by atoms with E-state index in [4.69, 9.17) is 5.73 Å². The normalized spacial score (nSPS) is 9.80. The third kappa shape index (κ3) is 1.48. The molecule has 0 fully saturated rings. The van der Waals surface area contributed by atoms with Crippen molar-refractivity contribution >= 4 is 21.7 Å². The summed E-state index contributed by atoms with van der Waals surface area (Å²) in [5.74, 6) is 0.553. The number of pyridine rings is 1. The minimum atomic E-state index is 0.553. The molecule has 2 N–H and O–H groups in total. The molecule has 0 aliphatic rings. The van der Waals surface area contributed by atoms with Crippen molar-refractivity contribution in [2.75, 3.05) is 5.73 Å². The van der Waals surface area contributed by atoms with E-state index in [0.717, 1.165) is 10.9 Å². The first-order chi connectivity index (χ1) is 4.74. The number of hydrogen-bond acceptors (Lipinski definition) is 2.